The topological polar surface area (TPSA) is 104 Å². The van der Waals surface area contributed by atoms with Crippen LogP contribution in [-0.4, -0.2) is 55.6 Å². The van der Waals surface area contributed by atoms with E-state index in [1.165, 1.54) is 12.8 Å². The van der Waals surface area contributed by atoms with Gasteiger partial charge in [-0.05, 0) is 38.3 Å². The van der Waals surface area contributed by atoms with Crippen molar-refractivity contribution >= 4 is 32.4 Å². The maximum Gasteiger partial charge on any atom is 0.269 e. The average Bonchev–Trinajstić information content (AvgIpc) is 3.01. The van der Waals surface area contributed by atoms with E-state index in [2.05, 4.69) is 32.1 Å². The summed E-state index contributed by atoms with van der Waals surface area (Å²) >= 11 is 0.857. The Kier molecular flexibility index (Phi) is 7.29. The van der Waals surface area contributed by atoms with E-state index in [0.29, 0.717) is 12.5 Å². The van der Waals surface area contributed by atoms with Gasteiger partial charge in [-0.2, -0.15) is 0 Å². The lowest BCUT2D eigenvalue weighted by molar-refractivity contribution is -0.118. The van der Waals surface area contributed by atoms with Crippen LogP contribution in [0.3, 0.4) is 0 Å². The van der Waals surface area contributed by atoms with Crippen LogP contribution in [0.4, 0.5) is 5.13 Å². The Morgan fingerprint density at radius 1 is 1.40 bits per heavy atom. The summed E-state index contributed by atoms with van der Waals surface area (Å²) in [5, 5.41) is 10.1. The molecule has 0 aromatic carbocycles. The smallest absolute Gasteiger partial charge is 0.269 e. The minimum absolute atomic E-state index is 0.127. The molecule has 25 heavy (non-hydrogen) atoms. The van der Waals surface area contributed by atoms with Crippen LogP contribution in [0.2, 0.25) is 0 Å². The van der Waals surface area contributed by atoms with Crippen LogP contribution in [-0.2, 0) is 14.8 Å². The number of sulfonamides is 1. The highest BCUT2D eigenvalue weighted by Gasteiger charge is 2.21. The van der Waals surface area contributed by atoms with E-state index in [0.717, 1.165) is 37.4 Å². The number of aromatic nitrogens is 2. The van der Waals surface area contributed by atoms with E-state index in [9.17, 15) is 13.2 Å². The van der Waals surface area contributed by atoms with E-state index < -0.39 is 10.0 Å². The van der Waals surface area contributed by atoms with Gasteiger partial charge in [-0.15, -0.1) is 10.2 Å². The molecule has 10 heteroatoms. The summed E-state index contributed by atoms with van der Waals surface area (Å²) in [6.07, 6.45) is 3.24. The molecule has 0 saturated carbocycles. The first kappa shape index (κ1) is 20.2. The molecule has 2 N–H and O–H groups in total. The van der Waals surface area contributed by atoms with Crippen molar-refractivity contribution in [2.75, 3.05) is 31.5 Å². The van der Waals surface area contributed by atoms with Gasteiger partial charge in [0.2, 0.25) is 15.4 Å². The molecule has 142 valence electrons. The molecule has 0 bridgehead atoms. The Labute approximate surface area is 153 Å². The minimum Gasteiger partial charge on any atom is -0.303 e. The van der Waals surface area contributed by atoms with E-state index in [1.807, 2.05) is 0 Å². The summed E-state index contributed by atoms with van der Waals surface area (Å²) < 4.78 is 26.9. The third-order valence-electron chi connectivity index (χ3n) is 4.08. The summed E-state index contributed by atoms with van der Waals surface area (Å²) in [4.78, 5) is 14.0. The number of likely N-dealkylation sites (tertiary alicyclic amines) is 1. The minimum atomic E-state index is -3.68. The van der Waals surface area contributed by atoms with Crippen molar-refractivity contribution in [1.82, 2.24) is 19.8 Å². The number of carbonyl (C=O) groups is 1. The fourth-order valence-corrected chi connectivity index (χ4v) is 4.70. The van der Waals surface area contributed by atoms with Crippen LogP contribution in [0.25, 0.3) is 0 Å². The third kappa shape index (κ3) is 6.28. The van der Waals surface area contributed by atoms with Crippen LogP contribution < -0.4 is 10.0 Å². The largest absolute Gasteiger partial charge is 0.303 e. The van der Waals surface area contributed by atoms with Gasteiger partial charge in [0, 0.05) is 19.0 Å². The predicted octanol–water partition coefficient (Wildman–Crippen LogP) is 1.53. The Balaban J connectivity index is 1.79. The molecule has 1 aromatic heterocycles. The van der Waals surface area contributed by atoms with Gasteiger partial charge in [-0.3, -0.25) is 4.79 Å². The van der Waals surface area contributed by atoms with E-state index in [-0.39, 0.29) is 21.3 Å². The number of anilines is 1. The SMILES string of the molecule is CC1CCCN(CCCNS(=O)(=O)c2nnc(NC(=O)C(C)C)s2)C1. The Bertz CT molecular complexity index is 674. The maximum absolute atomic E-state index is 12.2. The highest BCUT2D eigenvalue weighted by molar-refractivity contribution is 7.91. The standard InChI is InChI=1S/C15H27N5O3S2/c1-11(2)13(21)17-14-18-19-15(24-14)25(22,23)16-7-5-9-20-8-4-6-12(3)10-20/h11-12,16H,4-10H2,1-3H3,(H,17,18,21). The first-order valence-electron chi connectivity index (χ1n) is 8.64. The van der Waals surface area contributed by atoms with E-state index in [4.69, 9.17) is 0 Å². The Morgan fingerprint density at radius 3 is 2.84 bits per heavy atom. The van der Waals surface area contributed by atoms with Crippen molar-refractivity contribution < 1.29 is 13.2 Å². The molecular weight excluding hydrogens is 362 g/mol. The first-order valence-corrected chi connectivity index (χ1v) is 10.9. The van der Waals surface area contributed by atoms with Gasteiger partial charge < -0.3 is 10.2 Å². The van der Waals surface area contributed by atoms with Gasteiger partial charge >= 0.3 is 0 Å². The monoisotopic (exact) mass is 389 g/mol. The molecule has 0 radical (unpaired) electrons. The van der Waals surface area contributed by atoms with Crippen molar-refractivity contribution in [3.05, 3.63) is 0 Å². The summed E-state index contributed by atoms with van der Waals surface area (Å²) in [7, 11) is -3.68. The Hall–Kier alpha value is -1.10. The number of nitrogens with one attached hydrogen (secondary N) is 2. The molecule has 1 fully saturated rings. The van der Waals surface area contributed by atoms with Gasteiger partial charge in [0.25, 0.3) is 10.0 Å². The zero-order valence-electron chi connectivity index (χ0n) is 15.0. The van der Waals surface area contributed by atoms with Gasteiger partial charge in [0.1, 0.15) is 0 Å². The molecule has 2 rings (SSSR count). The number of amides is 1. The fourth-order valence-electron chi connectivity index (χ4n) is 2.68. The summed E-state index contributed by atoms with van der Waals surface area (Å²) in [5.41, 5.74) is 0. The number of piperidine rings is 1. The fraction of sp³-hybridized carbons (Fsp3) is 0.800. The molecule has 1 saturated heterocycles. The van der Waals surface area contributed by atoms with Crippen molar-refractivity contribution in [3.63, 3.8) is 0 Å². The number of hydrogen-bond donors (Lipinski definition) is 2. The van der Waals surface area contributed by atoms with Gasteiger partial charge in [0.05, 0.1) is 0 Å². The van der Waals surface area contributed by atoms with Gasteiger partial charge in [0.15, 0.2) is 0 Å². The summed E-state index contributed by atoms with van der Waals surface area (Å²) in [6, 6.07) is 0. The first-order chi connectivity index (χ1) is 11.8. The average molecular weight is 390 g/mol. The third-order valence-corrected chi connectivity index (χ3v) is 6.74. The predicted molar refractivity (Wildman–Crippen MR) is 98.0 cm³/mol. The molecule has 1 atom stereocenters. The number of rotatable bonds is 8. The van der Waals surface area contributed by atoms with Crippen molar-refractivity contribution in [1.29, 1.82) is 0 Å². The second kappa shape index (κ2) is 9.02. The molecule has 1 aromatic rings. The van der Waals surface area contributed by atoms with E-state index >= 15 is 0 Å². The maximum atomic E-state index is 12.2. The van der Waals surface area contributed by atoms with Crippen LogP contribution in [0.1, 0.15) is 40.0 Å². The zero-order chi connectivity index (χ0) is 18.4. The zero-order valence-corrected chi connectivity index (χ0v) is 16.6. The van der Waals surface area contributed by atoms with E-state index in [1.54, 1.807) is 13.8 Å². The molecule has 0 aliphatic carbocycles. The van der Waals surface area contributed by atoms with Crippen LogP contribution in [0.15, 0.2) is 4.34 Å². The molecule has 8 nitrogen and oxygen atoms in total. The molecule has 0 spiro atoms. The molecular formula is C15H27N5O3S2. The number of hydrogen-bond acceptors (Lipinski definition) is 7. The summed E-state index contributed by atoms with van der Waals surface area (Å²) in [6.45, 7) is 9.17. The Morgan fingerprint density at radius 2 is 2.16 bits per heavy atom. The lowest BCUT2D eigenvalue weighted by atomic mass is 10.0. The van der Waals surface area contributed by atoms with Crippen LogP contribution >= 0.6 is 11.3 Å². The highest BCUT2D eigenvalue weighted by Crippen LogP contribution is 2.20. The molecule has 1 aliphatic rings. The van der Waals surface area contributed by atoms with Crippen LogP contribution in [0.5, 0.6) is 0 Å². The number of nitrogens with zero attached hydrogens (tertiary/aromatic N) is 3. The van der Waals surface area contributed by atoms with Crippen molar-refractivity contribution in [2.24, 2.45) is 11.8 Å². The highest BCUT2D eigenvalue weighted by atomic mass is 32.2. The number of carbonyl (C=O) groups excluding carboxylic acids is 1. The second-order valence-corrected chi connectivity index (χ2v) is 9.73. The molecule has 1 unspecified atom stereocenters. The lowest BCUT2D eigenvalue weighted by Crippen LogP contribution is -2.36. The molecule has 2 heterocycles. The summed E-state index contributed by atoms with van der Waals surface area (Å²) in [5.74, 6) is 0.287. The van der Waals surface area contributed by atoms with Crippen molar-refractivity contribution in [2.45, 2.75) is 44.4 Å². The quantitative estimate of drug-likeness (QED) is 0.516. The van der Waals surface area contributed by atoms with Crippen molar-refractivity contribution in [3.8, 4) is 0 Å². The lowest BCUT2D eigenvalue weighted by Gasteiger charge is -2.30. The second-order valence-electron chi connectivity index (χ2n) is 6.82. The molecule has 1 amide bonds. The van der Waals surface area contributed by atoms with Gasteiger partial charge in [-0.25, -0.2) is 13.1 Å². The van der Waals surface area contributed by atoms with Gasteiger partial charge in [-0.1, -0.05) is 32.1 Å². The van der Waals surface area contributed by atoms with Crippen LogP contribution in [0, 0.1) is 11.8 Å². The normalized spacial score (nSPS) is 19.3. The molecule has 1 aliphatic heterocycles.